The predicted molar refractivity (Wildman–Crippen MR) is 67.4 cm³/mol. The molecule has 0 aliphatic carbocycles. The Labute approximate surface area is 116 Å². The summed E-state index contributed by atoms with van der Waals surface area (Å²) in [6.07, 6.45) is 1.40. The Kier molecular flexibility index (Phi) is 6.37. The second-order valence-corrected chi connectivity index (χ2v) is 4.33. The van der Waals surface area contributed by atoms with E-state index in [4.69, 9.17) is 4.74 Å². The van der Waals surface area contributed by atoms with Crippen LogP contribution in [0.5, 0.6) is 0 Å². The van der Waals surface area contributed by atoms with E-state index < -0.39 is 36.2 Å². The summed E-state index contributed by atoms with van der Waals surface area (Å²) in [5.74, 6) is -2.06. The normalized spacial score (nSPS) is 25.9. The fourth-order valence-corrected chi connectivity index (χ4v) is 1.54. The summed E-state index contributed by atoms with van der Waals surface area (Å²) in [4.78, 5) is 22.2. The van der Waals surface area contributed by atoms with Crippen LogP contribution in [-0.4, -0.2) is 58.8 Å². The molecule has 1 aliphatic rings. The standard InChI is InChI=1S/C13H18O7/c1-2-3-9(14)10(15)4-5-11(16)19-6-8-7-20-13(18)12(8)17/h2-5,8-10,12,14-15,17H,6-7H2,1H3/b3-2+,5-4+/t8-,9-,10-,12-/m0/s1. The number of hydrogen-bond donors (Lipinski definition) is 3. The molecule has 1 rings (SSSR count). The summed E-state index contributed by atoms with van der Waals surface area (Å²) in [6.45, 7) is 1.52. The maximum atomic E-state index is 11.3. The van der Waals surface area contributed by atoms with Gasteiger partial charge >= 0.3 is 11.9 Å². The van der Waals surface area contributed by atoms with E-state index in [1.54, 1.807) is 13.0 Å². The van der Waals surface area contributed by atoms with Gasteiger partial charge in [0.25, 0.3) is 0 Å². The first kappa shape index (κ1) is 16.4. The van der Waals surface area contributed by atoms with Gasteiger partial charge in [0.05, 0.1) is 5.92 Å². The second-order valence-electron chi connectivity index (χ2n) is 4.33. The topological polar surface area (TPSA) is 113 Å². The van der Waals surface area contributed by atoms with Crippen LogP contribution in [0.15, 0.2) is 24.3 Å². The fraction of sp³-hybridized carbons (Fsp3) is 0.538. The zero-order chi connectivity index (χ0) is 15.1. The Balaban J connectivity index is 2.35. The molecule has 0 aromatic rings. The molecular formula is C13H18O7. The zero-order valence-corrected chi connectivity index (χ0v) is 11.0. The van der Waals surface area contributed by atoms with Crippen molar-refractivity contribution in [2.75, 3.05) is 13.2 Å². The van der Waals surface area contributed by atoms with E-state index in [1.165, 1.54) is 6.08 Å². The van der Waals surface area contributed by atoms with Gasteiger partial charge in [-0.3, -0.25) is 0 Å². The molecule has 0 saturated carbocycles. The van der Waals surface area contributed by atoms with Gasteiger partial charge in [-0.2, -0.15) is 0 Å². The van der Waals surface area contributed by atoms with Crippen molar-refractivity contribution in [3.63, 3.8) is 0 Å². The van der Waals surface area contributed by atoms with Crippen LogP contribution in [-0.2, 0) is 19.1 Å². The molecule has 20 heavy (non-hydrogen) atoms. The van der Waals surface area contributed by atoms with E-state index in [0.717, 1.165) is 12.2 Å². The number of hydrogen-bond acceptors (Lipinski definition) is 7. The molecule has 3 N–H and O–H groups in total. The highest BCUT2D eigenvalue weighted by atomic mass is 16.6. The quantitative estimate of drug-likeness (QED) is 0.323. The monoisotopic (exact) mass is 286 g/mol. The zero-order valence-electron chi connectivity index (χ0n) is 11.0. The van der Waals surface area contributed by atoms with Crippen molar-refractivity contribution in [1.82, 2.24) is 0 Å². The first-order valence-corrected chi connectivity index (χ1v) is 6.14. The first-order valence-electron chi connectivity index (χ1n) is 6.14. The summed E-state index contributed by atoms with van der Waals surface area (Å²) in [5.41, 5.74) is 0. The van der Waals surface area contributed by atoms with E-state index in [9.17, 15) is 24.9 Å². The van der Waals surface area contributed by atoms with Crippen molar-refractivity contribution in [1.29, 1.82) is 0 Å². The Morgan fingerprint density at radius 2 is 2.10 bits per heavy atom. The van der Waals surface area contributed by atoms with Crippen LogP contribution in [0.25, 0.3) is 0 Å². The first-order chi connectivity index (χ1) is 9.45. The van der Waals surface area contributed by atoms with Gasteiger partial charge in [0.15, 0.2) is 6.10 Å². The van der Waals surface area contributed by atoms with Crippen molar-refractivity contribution in [3.05, 3.63) is 24.3 Å². The van der Waals surface area contributed by atoms with E-state index in [1.807, 2.05) is 0 Å². The minimum Gasteiger partial charge on any atom is -0.463 e. The van der Waals surface area contributed by atoms with Gasteiger partial charge in [0.1, 0.15) is 25.4 Å². The van der Waals surface area contributed by atoms with Crippen molar-refractivity contribution in [2.45, 2.75) is 25.2 Å². The number of carbonyl (C=O) groups excluding carboxylic acids is 2. The second kappa shape index (κ2) is 7.78. The molecule has 0 amide bonds. The van der Waals surface area contributed by atoms with Crippen molar-refractivity contribution >= 4 is 11.9 Å². The van der Waals surface area contributed by atoms with Gasteiger partial charge in [0.2, 0.25) is 0 Å². The Morgan fingerprint density at radius 1 is 1.45 bits per heavy atom. The van der Waals surface area contributed by atoms with Crippen LogP contribution in [0.2, 0.25) is 0 Å². The third kappa shape index (κ3) is 4.76. The van der Waals surface area contributed by atoms with Crippen LogP contribution < -0.4 is 0 Å². The summed E-state index contributed by atoms with van der Waals surface area (Å²) in [5, 5.41) is 28.2. The Hall–Kier alpha value is -1.70. The maximum Gasteiger partial charge on any atom is 0.335 e. The number of aliphatic hydroxyl groups excluding tert-OH is 3. The summed E-state index contributed by atoms with van der Waals surface area (Å²) < 4.78 is 9.39. The molecule has 0 unspecified atom stereocenters. The molecule has 0 aromatic carbocycles. The molecule has 1 saturated heterocycles. The molecule has 0 aromatic heterocycles. The number of ether oxygens (including phenoxy) is 2. The van der Waals surface area contributed by atoms with Crippen LogP contribution >= 0.6 is 0 Å². The lowest BCUT2D eigenvalue weighted by Gasteiger charge is -2.11. The molecule has 7 nitrogen and oxygen atoms in total. The number of esters is 2. The highest BCUT2D eigenvalue weighted by molar-refractivity contribution is 5.82. The van der Waals surface area contributed by atoms with E-state index >= 15 is 0 Å². The van der Waals surface area contributed by atoms with Crippen molar-refractivity contribution < 1.29 is 34.4 Å². The lowest BCUT2D eigenvalue weighted by Crippen LogP contribution is -2.26. The SMILES string of the molecule is C/C=C/[C@H](O)[C@@H](O)/C=C/C(=O)OC[C@H]1COC(=O)[C@H]1O. The van der Waals surface area contributed by atoms with E-state index in [0.29, 0.717) is 0 Å². The average Bonchev–Trinajstić information content (AvgIpc) is 2.74. The van der Waals surface area contributed by atoms with Crippen LogP contribution in [0, 0.1) is 5.92 Å². The predicted octanol–water partition coefficient (Wildman–Crippen LogP) is -1.08. The highest BCUT2D eigenvalue weighted by Crippen LogP contribution is 2.15. The molecule has 112 valence electrons. The number of aliphatic hydroxyl groups is 3. The molecule has 0 spiro atoms. The molecule has 0 radical (unpaired) electrons. The van der Waals surface area contributed by atoms with E-state index in [2.05, 4.69) is 4.74 Å². The largest absolute Gasteiger partial charge is 0.463 e. The van der Waals surface area contributed by atoms with Gasteiger partial charge < -0.3 is 24.8 Å². The molecule has 0 bridgehead atoms. The summed E-state index contributed by atoms with van der Waals surface area (Å²) in [6, 6.07) is 0. The fourth-order valence-electron chi connectivity index (χ4n) is 1.54. The van der Waals surface area contributed by atoms with Gasteiger partial charge in [-0.25, -0.2) is 9.59 Å². The van der Waals surface area contributed by atoms with Gasteiger partial charge in [-0.15, -0.1) is 0 Å². The lowest BCUT2D eigenvalue weighted by atomic mass is 10.1. The number of allylic oxidation sites excluding steroid dienone is 1. The molecule has 1 heterocycles. The highest BCUT2D eigenvalue weighted by Gasteiger charge is 2.35. The number of cyclic esters (lactones) is 1. The van der Waals surface area contributed by atoms with Gasteiger partial charge in [-0.1, -0.05) is 12.2 Å². The molecular weight excluding hydrogens is 268 g/mol. The van der Waals surface area contributed by atoms with Crippen LogP contribution in [0.3, 0.4) is 0 Å². The maximum absolute atomic E-state index is 11.3. The molecule has 1 aliphatic heterocycles. The minimum atomic E-state index is -1.28. The summed E-state index contributed by atoms with van der Waals surface area (Å²) >= 11 is 0. The Morgan fingerprint density at radius 3 is 2.65 bits per heavy atom. The van der Waals surface area contributed by atoms with Crippen LogP contribution in [0.4, 0.5) is 0 Å². The van der Waals surface area contributed by atoms with Gasteiger partial charge in [0, 0.05) is 6.08 Å². The number of rotatable bonds is 6. The minimum absolute atomic E-state index is 0.000369. The Bertz CT molecular complexity index is 402. The smallest absolute Gasteiger partial charge is 0.335 e. The molecule has 7 heteroatoms. The summed E-state index contributed by atoms with van der Waals surface area (Å²) in [7, 11) is 0. The van der Waals surface area contributed by atoms with Crippen molar-refractivity contribution in [2.24, 2.45) is 5.92 Å². The average molecular weight is 286 g/mol. The molecule has 1 fully saturated rings. The third-order valence-electron chi connectivity index (χ3n) is 2.74. The van der Waals surface area contributed by atoms with Crippen molar-refractivity contribution in [3.8, 4) is 0 Å². The third-order valence-corrected chi connectivity index (χ3v) is 2.74. The van der Waals surface area contributed by atoms with Gasteiger partial charge in [-0.05, 0) is 13.0 Å². The van der Waals surface area contributed by atoms with E-state index in [-0.39, 0.29) is 13.2 Å². The van der Waals surface area contributed by atoms with Crippen LogP contribution in [0.1, 0.15) is 6.92 Å². The lowest BCUT2D eigenvalue weighted by molar-refractivity contribution is -0.146. The molecule has 4 atom stereocenters. The number of carbonyl (C=O) groups is 2.